The van der Waals surface area contributed by atoms with Crippen LogP contribution in [0.1, 0.15) is 23.8 Å². The van der Waals surface area contributed by atoms with Gasteiger partial charge in [-0.25, -0.2) is 4.98 Å². The van der Waals surface area contributed by atoms with Crippen LogP contribution >= 0.6 is 34.5 Å². The summed E-state index contributed by atoms with van der Waals surface area (Å²) >= 11 is 13.8. The number of halogens is 2. The van der Waals surface area contributed by atoms with E-state index in [0.717, 1.165) is 11.3 Å². The molecule has 0 unspecified atom stereocenters. The Morgan fingerprint density at radius 3 is 2.81 bits per heavy atom. The lowest BCUT2D eigenvalue weighted by molar-refractivity contribution is 1.09. The molecule has 0 spiro atoms. The second kappa shape index (κ2) is 4.02. The molecule has 1 aliphatic carbocycles. The first-order valence-electron chi connectivity index (χ1n) is 5.15. The number of hydrogen-bond acceptors (Lipinski definition) is 2. The van der Waals surface area contributed by atoms with Gasteiger partial charge in [0.05, 0.1) is 15.7 Å². The molecule has 1 saturated carbocycles. The van der Waals surface area contributed by atoms with Crippen LogP contribution in [0.5, 0.6) is 0 Å². The third kappa shape index (κ3) is 1.97. The van der Waals surface area contributed by atoms with Crippen LogP contribution in [-0.2, 0) is 0 Å². The smallest absolute Gasteiger partial charge is 0.0963 e. The van der Waals surface area contributed by atoms with E-state index in [-0.39, 0.29) is 0 Å². The third-order valence-electron chi connectivity index (χ3n) is 2.65. The third-order valence-corrected chi connectivity index (χ3v) is 4.22. The van der Waals surface area contributed by atoms with Gasteiger partial charge in [-0.2, -0.15) is 0 Å². The zero-order valence-electron chi connectivity index (χ0n) is 8.41. The van der Waals surface area contributed by atoms with E-state index in [2.05, 4.69) is 10.4 Å². The van der Waals surface area contributed by atoms with Gasteiger partial charge in [0.25, 0.3) is 0 Å². The van der Waals surface area contributed by atoms with E-state index >= 15 is 0 Å². The molecule has 1 nitrogen and oxygen atoms in total. The van der Waals surface area contributed by atoms with Gasteiger partial charge in [0.1, 0.15) is 0 Å². The van der Waals surface area contributed by atoms with Crippen molar-refractivity contribution in [1.82, 2.24) is 4.98 Å². The Kier molecular flexibility index (Phi) is 2.66. The molecule has 1 aliphatic rings. The molecule has 1 aromatic heterocycles. The molecule has 16 heavy (non-hydrogen) atoms. The second-order valence-electron chi connectivity index (χ2n) is 3.97. The summed E-state index contributed by atoms with van der Waals surface area (Å²) in [5, 5.41) is 4.69. The van der Waals surface area contributed by atoms with Crippen molar-refractivity contribution in [2.45, 2.75) is 18.8 Å². The molecule has 0 saturated heterocycles. The molecule has 0 N–H and O–H groups in total. The van der Waals surface area contributed by atoms with Gasteiger partial charge in [0, 0.05) is 21.9 Å². The molecule has 1 aromatic carbocycles. The van der Waals surface area contributed by atoms with Crippen LogP contribution in [0.25, 0.3) is 11.3 Å². The summed E-state index contributed by atoms with van der Waals surface area (Å²) in [6.45, 7) is 0. The summed E-state index contributed by atoms with van der Waals surface area (Å²) in [4.78, 5) is 4.62. The van der Waals surface area contributed by atoms with E-state index in [0.29, 0.717) is 16.0 Å². The monoisotopic (exact) mass is 269 g/mol. The quantitative estimate of drug-likeness (QED) is 0.748. The maximum absolute atomic E-state index is 6.14. The predicted octanol–water partition coefficient (Wildman–Crippen LogP) is 4.99. The number of benzene rings is 1. The largest absolute Gasteiger partial charge is 0.241 e. The Morgan fingerprint density at radius 1 is 1.25 bits per heavy atom. The lowest BCUT2D eigenvalue weighted by atomic mass is 10.2. The highest BCUT2D eigenvalue weighted by Crippen LogP contribution is 2.43. The second-order valence-corrected chi connectivity index (χ2v) is 5.70. The summed E-state index contributed by atoms with van der Waals surface area (Å²) in [6.07, 6.45) is 2.55. The van der Waals surface area contributed by atoms with Crippen molar-refractivity contribution < 1.29 is 0 Å². The SMILES string of the molecule is Clc1ccc(Cl)c(-c2csc(C3CC3)n2)c1. The summed E-state index contributed by atoms with van der Waals surface area (Å²) in [5.74, 6) is 0.691. The van der Waals surface area contributed by atoms with E-state index in [1.807, 2.05) is 12.1 Å². The Balaban J connectivity index is 2.03. The normalized spacial score (nSPS) is 15.4. The van der Waals surface area contributed by atoms with Crippen molar-refractivity contribution in [3.8, 4) is 11.3 Å². The lowest BCUT2D eigenvalue weighted by Gasteiger charge is -2.00. The maximum Gasteiger partial charge on any atom is 0.0963 e. The van der Waals surface area contributed by atoms with Crippen LogP contribution in [0.2, 0.25) is 10.0 Å². The van der Waals surface area contributed by atoms with Crippen LogP contribution in [0.4, 0.5) is 0 Å². The van der Waals surface area contributed by atoms with Crippen molar-refractivity contribution in [3.63, 3.8) is 0 Å². The molecule has 0 atom stereocenters. The zero-order chi connectivity index (χ0) is 11.1. The van der Waals surface area contributed by atoms with E-state index in [4.69, 9.17) is 23.2 Å². The molecule has 2 aromatic rings. The lowest BCUT2D eigenvalue weighted by Crippen LogP contribution is -1.82. The molecule has 82 valence electrons. The van der Waals surface area contributed by atoms with Crippen molar-refractivity contribution in [1.29, 1.82) is 0 Å². The maximum atomic E-state index is 6.14. The first-order valence-corrected chi connectivity index (χ1v) is 6.78. The zero-order valence-corrected chi connectivity index (χ0v) is 10.7. The Hall–Kier alpha value is -0.570. The molecular formula is C12H9Cl2NS. The summed E-state index contributed by atoms with van der Waals surface area (Å²) in [6, 6.07) is 5.48. The molecule has 0 bridgehead atoms. The van der Waals surface area contributed by atoms with E-state index in [1.54, 1.807) is 17.4 Å². The molecule has 1 heterocycles. The molecule has 4 heteroatoms. The van der Waals surface area contributed by atoms with Gasteiger partial charge in [0.15, 0.2) is 0 Å². The molecule has 3 rings (SSSR count). The van der Waals surface area contributed by atoms with Crippen LogP contribution in [0.3, 0.4) is 0 Å². The fourth-order valence-electron chi connectivity index (χ4n) is 1.62. The van der Waals surface area contributed by atoms with Gasteiger partial charge in [-0.05, 0) is 31.0 Å². The summed E-state index contributed by atoms with van der Waals surface area (Å²) < 4.78 is 0. The first-order chi connectivity index (χ1) is 7.74. The van der Waals surface area contributed by atoms with Crippen LogP contribution < -0.4 is 0 Å². The van der Waals surface area contributed by atoms with E-state index in [1.165, 1.54) is 17.8 Å². The molecule has 0 amide bonds. The number of aromatic nitrogens is 1. The average molecular weight is 270 g/mol. The van der Waals surface area contributed by atoms with Gasteiger partial charge >= 0.3 is 0 Å². The standard InChI is InChI=1S/C12H9Cl2NS/c13-8-3-4-10(14)9(5-8)11-6-16-12(15-11)7-1-2-7/h3-7H,1-2H2. The fourth-order valence-corrected chi connectivity index (χ4v) is 3.00. The van der Waals surface area contributed by atoms with E-state index in [9.17, 15) is 0 Å². The van der Waals surface area contributed by atoms with Gasteiger partial charge in [0.2, 0.25) is 0 Å². The summed E-state index contributed by atoms with van der Waals surface area (Å²) in [7, 11) is 0. The predicted molar refractivity (Wildman–Crippen MR) is 69.5 cm³/mol. The van der Waals surface area contributed by atoms with Crippen molar-refractivity contribution in [2.24, 2.45) is 0 Å². The number of hydrogen-bond donors (Lipinski definition) is 0. The first kappa shape index (κ1) is 10.6. The van der Waals surface area contributed by atoms with Gasteiger partial charge in [-0.15, -0.1) is 11.3 Å². The average Bonchev–Trinajstić information content (AvgIpc) is 3.01. The number of rotatable bonds is 2. The minimum Gasteiger partial charge on any atom is -0.241 e. The van der Waals surface area contributed by atoms with Gasteiger partial charge in [-0.3, -0.25) is 0 Å². The molecule has 0 radical (unpaired) electrons. The Bertz CT molecular complexity index is 532. The van der Waals surface area contributed by atoms with Crippen molar-refractivity contribution >= 4 is 34.5 Å². The molecular weight excluding hydrogens is 261 g/mol. The number of nitrogens with zero attached hydrogens (tertiary/aromatic N) is 1. The van der Waals surface area contributed by atoms with Crippen LogP contribution in [-0.4, -0.2) is 4.98 Å². The Morgan fingerprint density at radius 2 is 2.06 bits per heavy atom. The van der Waals surface area contributed by atoms with Crippen LogP contribution in [0, 0.1) is 0 Å². The van der Waals surface area contributed by atoms with Crippen molar-refractivity contribution in [2.75, 3.05) is 0 Å². The molecule has 1 fully saturated rings. The van der Waals surface area contributed by atoms with Crippen LogP contribution in [0.15, 0.2) is 23.6 Å². The highest BCUT2D eigenvalue weighted by Gasteiger charge is 2.26. The van der Waals surface area contributed by atoms with Gasteiger partial charge in [-0.1, -0.05) is 23.2 Å². The Labute approximate surface area is 108 Å². The molecule has 0 aliphatic heterocycles. The highest BCUT2D eigenvalue weighted by molar-refractivity contribution is 7.10. The summed E-state index contributed by atoms with van der Waals surface area (Å²) in [5.41, 5.74) is 1.87. The highest BCUT2D eigenvalue weighted by atomic mass is 35.5. The fraction of sp³-hybridized carbons (Fsp3) is 0.250. The minimum atomic E-state index is 0.691. The van der Waals surface area contributed by atoms with E-state index < -0.39 is 0 Å². The topological polar surface area (TPSA) is 12.9 Å². The van der Waals surface area contributed by atoms with Gasteiger partial charge < -0.3 is 0 Å². The number of thiazole rings is 1. The minimum absolute atomic E-state index is 0.691. The van der Waals surface area contributed by atoms with Crippen molar-refractivity contribution in [3.05, 3.63) is 38.6 Å².